The third-order valence-electron chi connectivity index (χ3n) is 3.98. The molecule has 0 saturated heterocycles. The molecule has 0 bridgehead atoms. The van der Waals surface area contributed by atoms with Gasteiger partial charge in [-0.25, -0.2) is 4.98 Å². The van der Waals surface area contributed by atoms with Gasteiger partial charge in [-0.2, -0.15) is 9.50 Å². The monoisotopic (exact) mass is 355 g/mol. The molecule has 0 unspecified atom stereocenters. The highest BCUT2D eigenvalue weighted by Gasteiger charge is 2.13. The van der Waals surface area contributed by atoms with Crippen molar-refractivity contribution in [1.82, 2.24) is 24.1 Å². The normalized spacial score (nSPS) is 11.5. The predicted molar refractivity (Wildman–Crippen MR) is 94.3 cm³/mol. The number of ether oxygens (including phenoxy) is 1. The molecule has 4 aromatic rings. The largest absolute Gasteiger partial charge is 0.377 e. The highest BCUT2D eigenvalue weighted by Crippen LogP contribution is 2.19. The smallest absolute Gasteiger partial charge is 0.266 e. The van der Waals surface area contributed by atoms with E-state index in [9.17, 15) is 4.79 Å². The Bertz CT molecular complexity index is 1170. The van der Waals surface area contributed by atoms with Gasteiger partial charge >= 0.3 is 0 Å². The van der Waals surface area contributed by atoms with Crippen molar-refractivity contribution >= 4 is 28.3 Å². The molecular formula is C17H14ClN5O2. The first-order valence-electron chi connectivity index (χ1n) is 7.60. The van der Waals surface area contributed by atoms with Gasteiger partial charge in [-0.05, 0) is 30.7 Å². The Morgan fingerprint density at radius 2 is 2.12 bits per heavy atom. The van der Waals surface area contributed by atoms with Gasteiger partial charge in [0.05, 0.1) is 16.6 Å². The van der Waals surface area contributed by atoms with Gasteiger partial charge < -0.3 is 4.74 Å². The molecule has 1 aromatic carbocycles. The van der Waals surface area contributed by atoms with Crippen LogP contribution < -0.4 is 5.56 Å². The van der Waals surface area contributed by atoms with Crippen LogP contribution in [-0.4, -0.2) is 31.3 Å². The Balaban J connectivity index is 1.98. The molecule has 0 fully saturated rings. The molecule has 0 aliphatic carbocycles. The maximum atomic E-state index is 13.0. The van der Waals surface area contributed by atoms with Crippen molar-refractivity contribution in [2.75, 3.05) is 7.11 Å². The van der Waals surface area contributed by atoms with E-state index in [-0.39, 0.29) is 12.2 Å². The Kier molecular flexibility index (Phi) is 3.74. The highest BCUT2D eigenvalue weighted by molar-refractivity contribution is 6.30. The fourth-order valence-electron chi connectivity index (χ4n) is 2.78. The van der Waals surface area contributed by atoms with Crippen LogP contribution in [0.15, 0.2) is 41.5 Å². The Labute approximate surface area is 147 Å². The first-order valence-corrected chi connectivity index (χ1v) is 7.98. The first-order chi connectivity index (χ1) is 12.1. The molecule has 8 heteroatoms. The summed E-state index contributed by atoms with van der Waals surface area (Å²) in [7, 11) is 1.57. The summed E-state index contributed by atoms with van der Waals surface area (Å²) in [5, 5.41) is 5.37. The molecule has 4 rings (SSSR count). The summed E-state index contributed by atoms with van der Waals surface area (Å²) in [6.45, 7) is 2.21. The average molecular weight is 356 g/mol. The molecule has 0 saturated carbocycles. The number of fused-ring (bicyclic) bond motifs is 3. The van der Waals surface area contributed by atoms with Gasteiger partial charge in [0.25, 0.3) is 11.3 Å². The predicted octanol–water partition coefficient (Wildman–Crippen LogP) is 2.54. The van der Waals surface area contributed by atoms with Gasteiger partial charge in [-0.15, -0.1) is 5.10 Å². The van der Waals surface area contributed by atoms with Crippen LogP contribution in [0.5, 0.6) is 0 Å². The van der Waals surface area contributed by atoms with Gasteiger partial charge in [0.1, 0.15) is 6.61 Å². The standard InChI is InChI=1S/C17H14ClN5O2/c1-10-3-4-11(18)7-14(10)22-6-5-13-12(16(22)24)8-19-17-20-15(9-25-2)21-23(13)17/h3-8H,9H2,1-2H3. The quantitative estimate of drug-likeness (QED) is 0.564. The maximum absolute atomic E-state index is 13.0. The van der Waals surface area contributed by atoms with Crippen LogP contribution in [0.2, 0.25) is 5.02 Å². The molecule has 7 nitrogen and oxygen atoms in total. The van der Waals surface area contributed by atoms with E-state index in [1.165, 1.54) is 6.20 Å². The number of rotatable bonds is 3. The zero-order valence-corrected chi connectivity index (χ0v) is 14.4. The summed E-state index contributed by atoms with van der Waals surface area (Å²) in [5.41, 5.74) is 2.13. The summed E-state index contributed by atoms with van der Waals surface area (Å²) in [6.07, 6.45) is 3.23. The van der Waals surface area contributed by atoms with E-state index in [4.69, 9.17) is 16.3 Å². The van der Waals surface area contributed by atoms with Gasteiger partial charge in [-0.3, -0.25) is 9.36 Å². The van der Waals surface area contributed by atoms with Gasteiger partial charge in [0, 0.05) is 24.5 Å². The zero-order valence-electron chi connectivity index (χ0n) is 13.6. The molecular weight excluding hydrogens is 342 g/mol. The number of methoxy groups -OCH3 is 1. The second kappa shape index (κ2) is 5.94. The number of hydrogen-bond acceptors (Lipinski definition) is 5. The number of nitrogens with zero attached hydrogens (tertiary/aromatic N) is 5. The van der Waals surface area contributed by atoms with Crippen molar-refractivity contribution in [2.24, 2.45) is 0 Å². The average Bonchev–Trinajstić information content (AvgIpc) is 3.01. The van der Waals surface area contributed by atoms with Crippen molar-refractivity contribution < 1.29 is 4.74 Å². The van der Waals surface area contributed by atoms with Crippen LogP contribution in [0.25, 0.3) is 22.4 Å². The number of aryl methyl sites for hydroxylation is 1. The highest BCUT2D eigenvalue weighted by atomic mass is 35.5. The Morgan fingerprint density at radius 3 is 2.92 bits per heavy atom. The molecule has 126 valence electrons. The van der Waals surface area contributed by atoms with Crippen LogP contribution in [0, 0.1) is 6.92 Å². The maximum Gasteiger partial charge on any atom is 0.266 e. The lowest BCUT2D eigenvalue weighted by molar-refractivity contribution is 0.178. The fourth-order valence-corrected chi connectivity index (χ4v) is 2.95. The molecule has 3 aromatic heterocycles. The third-order valence-corrected chi connectivity index (χ3v) is 4.22. The molecule has 3 heterocycles. The van der Waals surface area contributed by atoms with Crippen molar-refractivity contribution in [3.63, 3.8) is 0 Å². The summed E-state index contributed by atoms with van der Waals surface area (Å²) in [6, 6.07) is 7.26. The molecule has 0 aliphatic rings. The van der Waals surface area contributed by atoms with Gasteiger partial charge in [0.2, 0.25) is 0 Å². The Hall–Kier alpha value is -2.77. The third kappa shape index (κ3) is 2.57. The van der Waals surface area contributed by atoms with Crippen LogP contribution >= 0.6 is 11.6 Å². The minimum Gasteiger partial charge on any atom is -0.377 e. The number of pyridine rings is 1. The Morgan fingerprint density at radius 1 is 1.28 bits per heavy atom. The van der Waals surface area contributed by atoms with Crippen molar-refractivity contribution in [1.29, 1.82) is 0 Å². The van der Waals surface area contributed by atoms with Crippen LogP contribution in [0.4, 0.5) is 0 Å². The van der Waals surface area contributed by atoms with E-state index in [1.54, 1.807) is 34.5 Å². The van der Waals surface area contributed by atoms with Crippen molar-refractivity contribution in [2.45, 2.75) is 13.5 Å². The molecule has 0 atom stereocenters. The van der Waals surface area contributed by atoms with E-state index in [2.05, 4.69) is 15.1 Å². The van der Waals surface area contributed by atoms with E-state index in [1.807, 2.05) is 19.1 Å². The van der Waals surface area contributed by atoms with E-state index in [0.29, 0.717) is 27.5 Å². The molecule has 0 radical (unpaired) electrons. The van der Waals surface area contributed by atoms with Crippen LogP contribution in [0.3, 0.4) is 0 Å². The summed E-state index contributed by atoms with van der Waals surface area (Å²) < 4.78 is 8.17. The van der Waals surface area contributed by atoms with Crippen LogP contribution in [-0.2, 0) is 11.3 Å². The lowest BCUT2D eigenvalue weighted by Crippen LogP contribution is -2.19. The minimum absolute atomic E-state index is 0.193. The van der Waals surface area contributed by atoms with E-state index < -0.39 is 0 Å². The summed E-state index contributed by atoms with van der Waals surface area (Å²) >= 11 is 6.09. The SMILES string of the molecule is COCc1nc2ncc3c(=O)n(-c4cc(Cl)ccc4C)ccc3n2n1. The summed E-state index contributed by atoms with van der Waals surface area (Å²) in [5.74, 6) is 0.938. The number of benzene rings is 1. The molecule has 0 aliphatic heterocycles. The number of aromatic nitrogens is 5. The summed E-state index contributed by atoms with van der Waals surface area (Å²) in [4.78, 5) is 21.5. The first kappa shape index (κ1) is 15.7. The minimum atomic E-state index is -0.193. The molecule has 0 N–H and O–H groups in total. The lowest BCUT2D eigenvalue weighted by atomic mass is 10.2. The van der Waals surface area contributed by atoms with Gasteiger partial charge in [0.15, 0.2) is 5.82 Å². The second-order valence-corrected chi connectivity index (χ2v) is 6.09. The topological polar surface area (TPSA) is 74.3 Å². The zero-order chi connectivity index (χ0) is 17.6. The molecule has 0 spiro atoms. The van der Waals surface area contributed by atoms with E-state index in [0.717, 1.165) is 11.3 Å². The number of hydrogen-bond donors (Lipinski definition) is 0. The second-order valence-electron chi connectivity index (χ2n) is 5.65. The number of halogens is 1. The lowest BCUT2D eigenvalue weighted by Gasteiger charge is -2.10. The van der Waals surface area contributed by atoms with Crippen molar-refractivity contribution in [3.05, 3.63) is 63.4 Å². The van der Waals surface area contributed by atoms with Crippen molar-refractivity contribution in [3.8, 4) is 5.69 Å². The molecule has 0 amide bonds. The van der Waals surface area contributed by atoms with E-state index >= 15 is 0 Å². The fraction of sp³-hybridized carbons (Fsp3) is 0.176. The molecule has 25 heavy (non-hydrogen) atoms. The van der Waals surface area contributed by atoms with Gasteiger partial charge in [-0.1, -0.05) is 17.7 Å². The van der Waals surface area contributed by atoms with Crippen LogP contribution in [0.1, 0.15) is 11.4 Å².